The van der Waals surface area contributed by atoms with Gasteiger partial charge in [0, 0.05) is 16.6 Å². The Kier molecular flexibility index (Phi) is 6.34. The molecule has 4 aromatic rings. The molecule has 0 saturated carbocycles. The first-order valence-electron chi connectivity index (χ1n) is 9.55. The third-order valence-corrected chi connectivity index (χ3v) is 6.28. The van der Waals surface area contributed by atoms with Crippen molar-refractivity contribution >= 4 is 34.1 Å². The molecule has 0 aliphatic heterocycles. The zero-order valence-corrected chi connectivity index (χ0v) is 19.0. The van der Waals surface area contributed by atoms with Crippen LogP contribution in [0.5, 0.6) is 5.75 Å². The third kappa shape index (κ3) is 4.95. The molecular formula is C22H21N5O2S2. The number of thioether (sulfide) groups is 1. The van der Waals surface area contributed by atoms with Gasteiger partial charge in [0.25, 0.3) is 0 Å². The Morgan fingerprint density at radius 1 is 1.10 bits per heavy atom. The second-order valence-corrected chi connectivity index (χ2v) is 8.64. The number of hydrogen-bond donors (Lipinski definition) is 1. The zero-order valence-electron chi connectivity index (χ0n) is 17.3. The summed E-state index contributed by atoms with van der Waals surface area (Å²) in [6, 6.07) is 15.8. The Balaban J connectivity index is 1.61. The molecule has 2 aromatic carbocycles. The van der Waals surface area contributed by atoms with Crippen molar-refractivity contribution in [3.63, 3.8) is 0 Å². The smallest absolute Gasteiger partial charge is 0.236 e. The van der Waals surface area contributed by atoms with E-state index in [9.17, 15) is 4.79 Å². The van der Waals surface area contributed by atoms with Crippen molar-refractivity contribution in [2.24, 2.45) is 0 Å². The van der Waals surface area contributed by atoms with Crippen LogP contribution in [0.15, 0.2) is 59.1 Å². The van der Waals surface area contributed by atoms with E-state index in [0.717, 1.165) is 28.3 Å². The number of amides is 1. The van der Waals surface area contributed by atoms with Crippen LogP contribution in [0.4, 0.5) is 5.13 Å². The monoisotopic (exact) mass is 451 g/mol. The highest BCUT2D eigenvalue weighted by Gasteiger charge is 2.18. The van der Waals surface area contributed by atoms with Gasteiger partial charge in [0.15, 0.2) is 16.1 Å². The number of nitrogens with one attached hydrogen (secondary N) is 1. The number of ether oxygens (including phenoxy) is 1. The third-order valence-electron chi connectivity index (χ3n) is 4.47. The predicted octanol–water partition coefficient (Wildman–Crippen LogP) is 4.75. The molecule has 1 N–H and O–H groups in total. The molecule has 0 radical (unpaired) electrons. The van der Waals surface area contributed by atoms with E-state index in [1.165, 1.54) is 23.1 Å². The summed E-state index contributed by atoms with van der Waals surface area (Å²) in [6.07, 6.45) is 0. The molecule has 0 fully saturated rings. The van der Waals surface area contributed by atoms with Gasteiger partial charge in [0.1, 0.15) is 5.75 Å². The lowest BCUT2D eigenvalue weighted by Crippen LogP contribution is -2.14. The Hall–Kier alpha value is -3.17. The van der Waals surface area contributed by atoms with E-state index in [0.29, 0.717) is 16.1 Å². The first-order chi connectivity index (χ1) is 15.0. The number of carbonyl (C=O) groups is 1. The number of hydrogen-bond acceptors (Lipinski definition) is 7. The Bertz CT molecular complexity index is 1180. The predicted molar refractivity (Wildman–Crippen MR) is 124 cm³/mol. The number of aryl methyl sites for hydroxylation is 2. The molecular weight excluding hydrogens is 430 g/mol. The zero-order chi connectivity index (χ0) is 21.8. The first-order valence-corrected chi connectivity index (χ1v) is 11.4. The first kappa shape index (κ1) is 21.1. The fourth-order valence-corrected chi connectivity index (χ4v) is 4.37. The maximum Gasteiger partial charge on any atom is 0.236 e. The normalized spacial score (nSPS) is 10.8. The number of carbonyl (C=O) groups excluding carboxylic acids is 1. The average Bonchev–Trinajstić information content (AvgIpc) is 3.39. The molecule has 31 heavy (non-hydrogen) atoms. The molecule has 0 bridgehead atoms. The highest BCUT2D eigenvalue weighted by Crippen LogP contribution is 2.29. The summed E-state index contributed by atoms with van der Waals surface area (Å²) < 4.78 is 7.22. The minimum Gasteiger partial charge on any atom is -0.497 e. The summed E-state index contributed by atoms with van der Waals surface area (Å²) in [4.78, 5) is 16.7. The average molecular weight is 452 g/mol. The van der Waals surface area contributed by atoms with Crippen LogP contribution >= 0.6 is 23.1 Å². The number of aromatic nitrogens is 4. The Labute approximate surface area is 188 Å². The molecule has 9 heteroatoms. The second-order valence-electron chi connectivity index (χ2n) is 6.84. The fourth-order valence-electron chi connectivity index (χ4n) is 2.91. The minimum atomic E-state index is -0.135. The van der Waals surface area contributed by atoms with Crippen molar-refractivity contribution in [1.82, 2.24) is 19.7 Å². The number of anilines is 1. The lowest BCUT2D eigenvalue weighted by molar-refractivity contribution is -0.113. The standard InChI is InChI=1S/C22H21N5O2S2/c1-14-4-8-17(9-5-14)27-20(16-6-10-18(29-3)11-7-16)25-26-22(27)31-13-19(28)24-21-23-15(2)12-30-21/h4-12H,13H2,1-3H3,(H,23,24,28). The van der Waals surface area contributed by atoms with Gasteiger partial charge in [-0.2, -0.15) is 0 Å². The van der Waals surface area contributed by atoms with Gasteiger partial charge in [-0.1, -0.05) is 29.5 Å². The fraction of sp³-hybridized carbons (Fsp3) is 0.182. The SMILES string of the molecule is COc1ccc(-c2nnc(SCC(=O)Nc3nc(C)cs3)n2-c2ccc(C)cc2)cc1. The summed E-state index contributed by atoms with van der Waals surface area (Å²) in [5.74, 6) is 1.54. The second kappa shape index (κ2) is 9.32. The molecule has 0 spiro atoms. The quantitative estimate of drug-likeness (QED) is 0.409. The van der Waals surface area contributed by atoms with Gasteiger partial charge < -0.3 is 10.1 Å². The van der Waals surface area contributed by atoms with Crippen LogP contribution in [0.2, 0.25) is 0 Å². The van der Waals surface area contributed by atoms with Crippen LogP contribution in [0.25, 0.3) is 17.1 Å². The van der Waals surface area contributed by atoms with Gasteiger partial charge in [-0.3, -0.25) is 9.36 Å². The molecule has 2 aromatic heterocycles. The number of methoxy groups -OCH3 is 1. The van der Waals surface area contributed by atoms with E-state index in [1.54, 1.807) is 7.11 Å². The highest BCUT2D eigenvalue weighted by atomic mass is 32.2. The molecule has 0 aliphatic rings. The van der Waals surface area contributed by atoms with Crippen LogP contribution in [0.1, 0.15) is 11.3 Å². The van der Waals surface area contributed by atoms with E-state index in [4.69, 9.17) is 4.74 Å². The van der Waals surface area contributed by atoms with Gasteiger partial charge in [-0.25, -0.2) is 4.98 Å². The molecule has 2 heterocycles. The summed E-state index contributed by atoms with van der Waals surface area (Å²) in [5, 5.41) is 14.7. The summed E-state index contributed by atoms with van der Waals surface area (Å²) >= 11 is 2.74. The topological polar surface area (TPSA) is 81.9 Å². The lowest BCUT2D eigenvalue weighted by atomic mass is 10.2. The van der Waals surface area contributed by atoms with E-state index >= 15 is 0 Å². The summed E-state index contributed by atoms with van der Waals surface area (Å²) in [5.41, 5.74) is 3.88. The molecule has 158 valence electrons. The maximum absolute atomic E-state index is 12.4. The van der Waals surface area contributed by atoms with Crippen molar-refractivity contribution in [3.8, 4) is 22.8 Å². The van der Waals surface area contributed by atoms with Crippen molar-refractivity contribution in [3.05, 3.63) is 65.2 Å². The van der Waals surface area contributed by atoms with Crippen molar-refractivity contribution in [2.45, 2.75) is 19.0 Å². The maximum atomic E-state index is 12.4. The van der Waals surface area contributed by atoms with Crippen molar-refractivity contribution < 1.29 is 9.53 Å². The van der Waals surface area contributed by atoms with E-state index < -0.39 is 0 Å². The van der Waals surface area contributed by atoms with E-state index in [1.807, 2.05) is 72.3 Å². The van der Waals surface area contributed by atoms with Crippen molar-refractivity contribution in [1.29, 1.82) is 0 Å². The number of nitrogens with zero attached hydrogens (tertiary/aromatic N) is 4. The molecule has 7 nitrogen and oxygen atoms in total. The number of benzene rings is 2. The molecule has 0 saturated heterocycles. The van der Waals surface area contributed by atoms with Gasteiger partial charge in [0.05, 0.1) is 18.6 Å². The summed E-state index contributed by atoms with van der Waals surface area (Å²) in [7, 11) is 1.64. The van der Waals surface area contributed by atoms with Crippen LogP contribution in [-0.4, -0.2) is 38.5 Å². The summed E-state index contributed by atoms with van der Waals surface area (Å²) in [6.45, 7) is 3.94. The largest absolute Gasteiger partial charge is 0.497 e. The van der Waals surface area contributed by atoms with E-state index in [2.05, 4.69) is 20.5 Å². The molecule has 0 unspecified atom stereocenters. The Morgan fingerprint density at radius 2 is 1.84 bits per heavy atom. The molecule has 1 amide bonds. The molecule has 0 atom stereocenters. The Morgan fingerprint density at radius 3 is 2.48 bits per heavy atom. The molecule has 4 rings (SSSR count). The van der Waals surface area contributed by atoms with Gasteiger partial charge in [-0.05, 0) is 50.2 Å². The highest BCUT2D eigenvalue weighted by molar-refractivity contribution is 7.99. The number of thiazole rings is 1. The van der Waals surface area contributed by atoms with Gasteiger partial charge in [-0.15, -0.1) is 21.5 Å². The van der Waals surface area contributed by atoms with Crippen LogP contribution in [0.3, 0.4) is 0 Å². The van der Waals surface area contributed by atoms with E-state index in [-0.39, 0.29) is 11.7 Å². The van der Waals surface area contributed by atoms with Crippen LogP contribution in [0, 0.1) is 13.8 Å². The lowest BCUT2D eigenvalue weighted by Gasteiger charge is -2.11. The van der Waals surface area contributed by atoms with Crippen molar-refractivity contribution in [2.75, 3.05) is 18.2 Å². The minimum absolute atomic E-state index is 0.135. The molecule has 0 aliphatic carbocycles. The van der Waals surface area contributed by atoms with Gasteiger partial charge >= 0.3 is 0 Å². The number of rotatable bonds is 7. The van der Waals surface area contributed by atoms with Gasteiger partial charge in [0.2, 0.25) is 5.91 Å². The van der Waals surface area contributed by atoms with Crippen LogP contribution in [-0.2, 0) is 4.79 Å². The van der Waals surface area contributed by atoms with Crippen LogP contribution < -0.4 is 10.1 Å².